The van der Waals surface area contributed by atoms with E-state index in [2.05, 4.69) is 4.18 Å². The lowest BCUT2D eigenvalue weighted by atomic mass is 10.2. The van der Waals surface area contributed by atoms with E-state index in [1.807, 2.05) is 0 Å². The van der Waals surface area contributed by atoms with Gasteiger partial charge in [-0.05, 0) is 27.2 Å². The minimum Gasteiger partial charge on any atom is -0.444 e. The van der Waals surface area contributed by atoms with Gasteiger partial charge in [-0.2, -0.15) is 21.6 Å². The number of ether oxygens (including phenoxy) is 1. The van der Waals surface area contributed by atoms with Crippen LogP contribution in [0.3, 0.4) is 0 Å². The van der Waals surface area contributed by atoms with Gasteiger partial charge in [0.15, 0.2) is 0 Å². The van der Waals surface area contributed by atoms with E-state index in [9.17, 15) is 26.4 Å². The predicted molar refractivity (Wildman–Crippen MR) is 62.3 cm³/mol. The molecule has 0 radical (unpaired) electrons. The number of carbonyl (C=O) groups excluding carboxylic acids is 1. The van der Waals surface area contributed by atoms with E-state index in [0.717, 1.165) is 4.90 Å². The first-order valence-corrected chi connectivity index (χ1v) is 7.20. The number of hydrogen-bond donors (Lipinski definition) is 0. The lowest BCUT2D eigenvalue weighted by Gasteiger charge is -2.24. The zero-order valence-electron chi connectivity index (χ0n) is 11.2. The number of likely N-dealkylation sites (tertiary alicyclic amines) is 1. The molecule has 1 fully saturated rings. The Balaban J connectivity index is 2.59. The highest BCUT2D eigenvalue weighted by atomic mass is 32.2. The Morgan fingerprint density at radius 3 is 2.25 bits per heavy atom. The van der Waals surface area contributed by atoms with Crippen LogP contribution in [-0.2, 0) is 19.0 Å². The molecule has 0 aliphatic carbocycles. The fourth-order valence-corrected chi connectivity index (χ4v) is 2.16. The number of rotatable bonds is 2. The van der Waals surface area contributed by atoms with E-state index >= 15 is 0 Å². The number of halogens is 3. The fraction of sp³-hybridized carbons (Fsp3) is 0.900. The van der Waals surface area contributed by atoms with Gasteiger partial charge in [0.25, 0.3) is 0 Å². The molecule has 0 aromatic rings. The van der Waals surface area contributed by atoms with Crippen LogP contribution in [0, 0.1) is 0 Å². The fourth-order valence-electron chi connectivity index (χ4n) is 1.53. The average molecular weight is 319 g/mol. The molecule has 0 saturated carbocycles. The van der Waals surface area contributed by atoms with Crippen molar-refractivity contribution in [3.8, 4) is 0 Å². The Morgan fingerprint density at radius 1 is 1.25 bits per heavy atom. The van der Waals surface area contributed by atoms with E-state index < -0.39 is 33.4 Å². The molecule has 10 heteroatoms. The molecule has 0 N–H and O–H groups in total. The predicted octanol–water partition coefficient (Wildman–Crippen LogP) is 1.86. The van der Waals surface area contributed by atoms with Crippen molar-refractivity contribution in [3.63, 3.8) is 0 Å². The van der Waals surface area contributed by atoms with Gasteiger partial charge in [-0.25, -0.2) is 4.79 Å². The molecule has 1 amide bonds. The second-order valence-corrected chi connectivity index (χ2v) is 6.90. The molecule has 1 heterocycles. The minimum atomic E-state index is -5.64. The lowest BCUT2D eigenvalue weighted by molar-refractivity contribution is -0.0569. The van der Waals surface area contributed by atoms with Crippen LogP contribution in [0.4, 0.5) is 18.0 Å². The Morgan fingerprint density at radius 2 is 1.80 bits per heavy atom. The van der Waals surface area contributed by atoms with Crippen LogP contribution in [0.5, 0.6) is 0 Å². The normalized spacial score (nSPS) is 21.1. The molecule has 0 bridgehead atoms. The van der Waals surface area contributed by atoms with Gasteiger partial charge >= 0.3 is 21.7 Å². The van der Waals surface area contributed by atoms with Gasteiger partial charge in [-0.3, -0.25) is 4.18 Å². The summed E-state index contributed by atoms with van der Waals surface area (Å²) in [5.74, 6) is 0. The van der Waals surface area contributed by atoms with Gasteiger partial charge in [0.2, 0.25) is 0 Å². The third kappa shape index (κ3) is 4.51. The summed E-state index contributed by atoms with van der Waals surface area (Å²) >= 11 is 0. The molecule has 1 aliphatic rings. The number of amides is 1. The zero-order chi connectivity index (χ0) is 15.8. The van der Waals surface area contributed by atoms with Gasteiger partial charge < -0.3 is 9.64 Å². The Bertz CT molecular complexity index is 468. The van der Waals surface area contributed by atoms with Crippen molar-refractivity contribution < 1.29 is 35.3 Å². The highest BCUT2D eigenvalue weighted by Gasteiger charge is 2.49. The van der Waals surface area contributed by atoms with Crippen LogP contribution in [0.15, 0.2) is 0 Å². The summed E-state index contributed by atoms with van der Waals surface area (Å²) in [6.45, 7) is 4.74. The molecule has 1 aliphatic heterocycles. The number of carbonyl (C=O) groups is 1. The van der Waals surface area contributed by atoms with E-state index in [1.54, 1.807) is 20.8 Å². The van der Waals surface area contributed by atoms with Crippen LogP contribution in [-0.4, -0.2) is 49.7 Å². The second kappa shape index (κ2) is 5.40. The Labute approximate surface area is 114 Å². The van der Waals surface area contributed by atoms with Crippen LogP contribution < -0.4 is 0 Å². The van der Waals surface area contributed by atoms with E-state index in [-0.39, 0.29) is 19.5 Å². The van der Waals surface area contributed by atoms with Crippen molar-refractivity contribution in [2.75, 3.05) is 13.1 Å². The summed E-state index contributed by atoms with van der Waals surface area (Å²) in [4.78, 5) is 12.8. The zero-order valence-corrected chi connectivity index (χ0v) is 12.0. The first-order chi connectivity index (χ1) is 8.82. The third-order valence-corrected chi connectivity index (χ3v) is 3.44. The van der Waals surface area contributed by atoms with Crippen LogP contribution in [0.2, 0.25) is 0 Å². The van der Waals surface area contributed by atoms with Gasteiger partial charge in [-0.15, -0.1) is 0 Å². The summed E-state index contributed by atoms with van der Waals surface area (Å²) in [7, 11) is -5.64. The standard InChI is InChI=1S/C10H16F3NO5S/c1-9(2,3)18-8(15)14-5-4-7(6-14)19-20(16,17)10(11,12)13/h7H,4-6H2,1-3H3/t7-/m0/s1. The molecule has 0 spiro atoms. The molecule has 20 heavy (non-hydrogen) atoms. The van der Waals surface area contributed by atoms with Crippen LogP contribution in [0.1, 0.15) is 27.2 Å². The van der Waals surface area contributed by atoms with Crippen molar-refractivity contribution in [2.24, 2.45) is 0 Å². The molecule has 1 rings (SSSR count). The van der Waals surface area contributed by atoms with Gasteiger partial charge in [0.1, 0.15) is 5.60 Å². The van der Waals surface area contributed by atoms with E-state index in [1.165, 1.54) is 0 Å². The molecule has 6 nitrogen and oxygen atoms in total. The summed E-state index contributed by atoms with van der Waals surface area (Å²) in [6.07, 6.45) is -1.93. The molecule has 0 aromatic carbocycles. The van der Waals surface area contributed by atoms with Gasteiger partial charge in [-0.1, -0.05) is 0 Å². The lowest BCUT2D eigenvalue weighted by Crippen LogP contribution is -2.37. The molecule has 118 valence electrons. The molecule has 0 aromatic heterocycles. The minimum absolute atomic E-state index is 0.00540. The topological polar surface area (TPSA) is 72.9 Å². The summed E-state index contributed by atoms with van der Waals surface area (Å²) in [5.41, 5.74) is -6.21. The Hall–Kier alpha value is -1.03. The SMILES string of the molecule is CC(C)(C)OC(=O)N1CC[C@H](OS(=O)(=O)C(F)(F)F)C1. The quantitative estimate of drug-likeness (QED) is 0.574. The molecule has 1 atom stereocenters. The van der Waals surface area contributed by atoms with E-state index in [4.69, 9.17) is 4.74 Å². The van der Waals surface area contributed by atoms with Crippen molar-refractivity contribution in [2.45, 2.75) is 44.4 Å². The van der Waals surface area contributed by atoms with Crippen molar-refractivity contribution in [1.29, 1.82) is 0 Å². The van der Waals surface area contributed by atoms with Crippen LogP contribution >= 0.6 is 0 Å². The highest BCUT2D eigenvalue weighted by Crippen LogP contribution is 2.28. The molecule has 1 saturated heterocycles. The number of nitrogens with zero attached hydrogens (tertiary/aromatic N) is 1. The summed E-state index contributed by atoms with van der Waals surface area (Å²) < 4.78 is 67.2. The maximum atomic E-state index is 12.1. The maximum absolute atomic E-state index is 12.1. The van der Waals surface area contributed by atoms with Crippen molar-refractivity contribution in [1.82, 2.24) is 4.90 Å². The van der Waals surface area contributed by atoms with Crippen molar-refractivity contribution in [3.05, 3.63) is 0 Å². The monoisotopic (exact) mass is 319 g/mol. The maximum Gasteiger partial charge on any atom is 0.523 e. The molecular weight excluding hydrogens is 303 g/mol. The van der Waals surface area contributed by atoms with Crippen LogP contribution in [0.25, 0.3) is 0 Å². The Kier molecular flexibility index (Phi) is 4.59. The molecular formula is C10H16F3NO5S. The summed E-state index contributed by atoms with van der Waals surface area (Å²) in [5, 5.41) is 0. The second-order valence-electron chi connectivity index (χ2n) is 5.33. The average Bonchev–Trinajstić information content (AvgIpc) is 2.60. The molecule has 0 unspecified atom stereocenters. The smallest absolute Gasteiger partial charge is 0.444 e. The first kappa shape index (κ1) is 17.0. The van der Waals surface area contributed by atoms with Crippen molar-refractivity contribution >= 4 is 16.2 Å². The van der Waals surface area contributed by atoms with Gasteiger partial charge in [0, 0.05) is 6.54 Å². The largest absolute Gasteiger partial charge is 0.523 e. The summed E-state index contributed by atoms with van der Waals surface area (Å²) in [6, 6.07) is 0. The highest BCUT2D eigenvalue weighted by molar-refractivity contribution is 7.87. The third-order valence-electron chi connectivity index (χ3n) is 2.34. The number of hydrogen-bond acceptors (Lipinski definition) is 5. The first-order valence-electron chi connectivity index (χ1n) is 5.79. The van der Waals surface area contributed by atoms with E-state index in [0.29, 0.717) is 0 Å². The number of alkyl halides is 3. The van der Waals surface area contributed by atoms with Gasteiger partial charge in [0.05, 0.1) is 12.6 Å².